The number of aryl methyl sites for hydroxylation is 1. The van der Waals surface area contributed by atoms with Gasteiger partial charge in [-0.05, 0) is 111 Å². The maximum absolute atomic E-state index is 14.0. The molecule has 7 amide bonds. The number of nitrogens with zero attached hydrogens (tertiary/aromatic N) is 8. The highest BCUT2D eigenvalue weighted by molar-refractivity contribution is 6.36. The number of alkyl carbamates (subject to hydrolysis) is 1. The highest BCUT2D eigenvalue weighted by Crippen LogP contribution is 2.38. The number of rotatable bonds is 17. The summed E-state index contributed by atoms with van der Waals surface area (Å²) >= 11 is 13.2. The number of carbonyl (C=O) groups is 6. The Morgan fingerprint density at radius 1 is 0.900 bits per heavy atom. The number of aromatic nitrogens is 2. The van der Waals surface area contributed by atoms with Crippen LogP contribution in [0.15, 0.2) is 84.9 Å². The minimum absolute atomic E-state index is 0.0479. The van der Waals surface area contributed by atoms with Crippen LogP contribution in [0, 0.1) is 6.57 Å². The second kappa shape index (κ2) is 24.6. The molecule has 5 aromatic rings. The molecule has 4 N–H and O–H groups in total. The molecule has 0 saturated carbocycles. The number of halogens is 2. The van der Waals surface area contributed by atoms with Gasteiger partial charge >= 0.3 is 18.1 Å². The fraction of sp³-hybridized carbons (Fsp3) is 0.397. The first-order chi connectivity index (χ1) is 38.7. The maximum Gasteiger partial charge on any atom is 0.407 e. The standard InChI is InChI=1S/C58H62Cl2N12O8/c1-35(33-80-58(78)62-19-6-8-36-25-40(59)27-41(26-36)64-56(77)63-28-37-14-15-44-39(24-37)30-72(55(44)76)49-16-17-50(73)66-53(49)74)54(75)71-23-22-70(31-43(71)29-61-2)52-45-18-21-69(48-13-5-10-38-9-4-12-46(60)51(38)48)32-47(45)65-57(67-52)79-34-42-11-7-20-68(42)3/h4-5,9-10,12-15,24-27,42-43,49H,1,6-8,11,16-23,28-34H2,3H3,(H,62,78)(H2,63,64,77)(H,66,73,74)/t42-,43-,49?/m0/s1. The van der Waals surface area contributed by atoms with E-state index < -0.39 is 36.0 Å². The smallest absolute Gasteiger partial charge is 0.407 e. The molecule has 22 heteroatoms. The number of piperazine rings is 1. The number of likely N-dealkylation sites (N-methyl/N-ethyl adjacent to an activating group) is 1. The number of piperidine rings is 1. The number of likely N-dealkylation sites (tertiary alicyclic amines) is 1. The van der Waals surface area contributed by atoms with Gasteiger partial charge in [0.2, 0.25) is 18.4 Å². The zero-order valence-corrected chi connectivity index (χ0v) is 45.9. The van der Waals surface area contributed by atoms with E-state index in [4.69, 9.17) is 49.2 Å². The number of anilines is 3. The first kappa shape index (κ1) is 55.3. The van der Waals surface area contributed by atoms with Gasteiger partial charge < -0.3 is 54.8 Å². The fourth-order valence-electron chi connectivity index (χ4n) is 11.3. The van der Waals surface area contributed by atoms with Crippen molar-refractivity contribution < 1.29 is 38.2 Å². The Morgan fingerprint density at radius 2 is 1.74 bits per heavy atom. The average Bonchev–Trinajstić information content (AvgIpc) is 4.03. The number of amides is 7. The van der Waals surface area contributed by atoms with Crippen LogP contribution in [0.3, 0.4) is 0 Å². The molecule has 10 rings (SSSR count). The fourth-order valence-corrected chi connectivity index (χ4v) is 11.8. The monoisotopic (exact) mass is 1120 g/mol. The van der Waals surface area contributed by atoms with Crippen LogP contribution in [-0.2, 0) is 51.6 Å². The molecule has 5 aliphatic rings. The molecule has 5 aliphatic heterocycles. The van der Waals surface area contributed by atoms with E-state index in [9.17, 15) is 28.8 Å². The highest BCUT2D eigenvalue weighted by Gasteiger charge is 2.40. The summed E-state index contributed by atoms with van der Waals surface area (Å²) in [5.74, 6) is -0.761. The van der Waals surface area contributed by atoms with E-state index in [-0.39, 0.29) is 75.6 Å². The van der Waals surface area contributed by atoms with E-state index >= 15 is 0 Å². The average molecular weight is 1130 g/mol. The van der Waals surface area contributed by atoms with Crippen molar-refractivity contribution in [2.24, 2.45) is 0 Å². The Balaban J connectivity index is 0.692. The van der Waals surface area contributed by atoms with Gasteiger partial charge in [0.05, 0.1) is 17.3 Å². The summed E-state index contributed by atoms with van der Waals surface area (Å²) in [5, 5.41) is 13.8. The van der Waals surface area contributed by atoms with E-state index in [0.717, 1.165) is 69.6 Å². The highest BCUT2D eigenvalue weighted by atomic mass is 35.5. The molecule has 1 aromatic heterocycles. The van der Waals surface area contributed by atoms with Crippen molar-refractivity contribution in [1.29, 1.82) is 0 Å². The summed E-state index contributed by atoms with van der Waals surface area (Å²) < 4.78 is 11.8. The van der Waals surface area contributed by atoms with Gasteiger partial charge in [0.25, 0.3) is 11.8 Å². The zero-order chi connectivity index (χ0) is 56.0. The zero-order valence-electron chi connectivity index (χ0n) is 44.4. The molecule has 6 heterocycles. The van der Waals surface area contributed by atoms with Crippen LogP contribution >= 0.6 is 23.2 Å². The SMILES string of the molecule is [C-]#[N+]C[C@H]1CN(c2nc(OC[C@@H]3CCCN3C)nc3c2CCN(c2cccc4cccc(Cl)c24)C3)CCN1C(=O)C(=C)COC(=O)NCCCc1cc(Cl)cc(NC(=O)NCc2ccc3c(c2)CN(C2CCC(=O)NC2=O)C3=O)c1. The molecule has 0 spiro atoms. The van der Waals surface area contributed by atoms with E-state index in [1.54, 1.807) is 35.2 Å². The summed E-state index contributed by atoms with van der Waals surface area (Å²) in [5.41, 5.74) is 6.21. The largest absolute Gasteiger partial charge is 0.462 e. The molecule has 4 aromatic carbocycles. The minimum atomic E-state index is -0.721. The van der Waals surface area contributed by atoms with Crippen molar-refractivity contribution in [3.63, 3.8) is 0 Å². The molecule has 0 bridgehead atoms. The van der Waals surface area contributed by atoms with Gasteiger partial charge in [-0.3, -0.25) is 24.5 Å². The van der Waals surface area contributed by atoms with E-state index in [1.165, 1.54) is 4.90 Å². The quantitative estimate of drug-likeness (QED) is 0.0323. The van der Waals surface area contributed by atoms with Gasteiger partial charge in [-0.2, -0.15) is 9.97 Å². The van der Waals surface area contributed by atoms with Crippen molar-refractivity contribution in [2.45, 2.75) is 82.7 Å². The van der Waals surface area contributed by atoms with Crippen LogP contribution in [0.4, 0.5) is 26.8 Å². The molecular formula is C58H62Cl2N12O8. The second-order valence-corrected chi connectivity index (χ2v) is 21.7. The molecule has 80 heavy (non-hydrogen) atoms. The molecule has 20 nitrogen and oxygen atoms in total. The Labute approximate surface area is 473 Å². The van der Waals surface area contributed by atoms with Crippen LogP contribution in [0.1, 0.15) is 70.4 Å². The number of benzene rings is 4. The molecule has 0 aliphatic carbocycles. The number of hydrogen-bond acceptors (Lipinski definition) is 13. The van der Waals surface area contributed by atoms with Gasteiger partial charge in [-0.1, -0.05) is 66.2 Å². The van der Waals surface area contributed by atoms with Crippen LogP contribution in [0.25, 0.3) is 15.6 Å². The Kier molecular flexibility index (Phi) is 17.0. The summed E-state index contributed by atoms with van der Waals surface area (Å²) in [6.07, 6.45) is 3.51. The predicted octanol–water partition coefficient (Wildman–Crippen LogP) is 6.91. The topological polar surface area (TPSA) is 215 Å². The lowest BCUT2D eigenvalue weighted by atomic mass is 10.0. The van der Waals surface area contributed by atoms with Crippen molar-refractivity contribution >= 4 is 86.9 Å². The van der Waals surface area contributed by atoms with Crippen LogP contribution in [-0.4, -0.2) is 145 Å². The number of imide groups is 1. The summed E-state index contributed by atoms with van der Waals surface area (Å²) in [4.78, 5) is 101. The van der Waals surface area contributed by atoms with Crippen molar-refractivity contribution in [2.75, 3.05) is 81.2 Å². The third-order valence-corrected chi connectivity index (χ3v) is 16.0. The minimum Gasteiger partial charge on any atom is -0.462 e. The Hall–Kier alpha value is -7.99. The molecular weight excluding hydrogens is 1060 g/mol. The molecule has 416 valence electrons. The van der Waals surface area contributed by atoms with E-state index in [2.05, 4.69) is 72.6 Å². The molecule has 3 fully saturated rings. The summed E-state index contributed by atoms with van der Waals surface area (Å²) in [7, 11) is 2.10. The normalized spacial score (nSPS) is 19.0. The molecule has 3 saturated heterocycles. The summed E-state index contributed by atoms with van der Waals surface area (Å²) in [6.45, 7) is 15.9. The second-order valence-electron chi connectivity index (χ2n) is 20.8. The van der Waals surface area contributed by atoms with Gasteiger partial charge in [0, 0.05) is 96.8 Å². The Morgan fingerprint density at radius 3 is 2.54 bits per heavy atom. The lowest BCUT2D eigenvalue weighted by molar-refractivity contribution is -0.137. The maximum atomic E-state index is 14.0. The summed E-state index contributed by atoms with van der Waals surface area (Å²) in [6, 6.07) is 21.4. The van der Waals surface area contributed by atoms with Crippen molar-refractivity contribution in [3.05, 3.63) is 140 Å². The van der Waals surface area contributed by atoms with Crippen molar-refractivity contribution in [1.82, 2.24) is 40.6 Å². The van der Waals surface area contributed by atoms with E-state index in [1.807, 2.05) is 24.3 Å². The number of urea groups is 1. The van der Waals surface area contributed by atoms with Crippen molar-refractivity contribution in [3.8, 4) is 6.01 Å². The lowest BCUT2D eigenvalue weighted by Crippen LogP contribution is -2.57. The predicted molar refractivity (Wildman–Crippen MR) is 303 cm³/mol. The number of ether oxygens (including phenoxy) is 2. The van der Waals surface area contributed by atoms with Gasteiger partial charge in [0.1, 0.15) is 31.1 Å². The number of fused-ring (bicyclic) bond motifs is 3. The number of carbonyl (C=O) groups excluding carboxylic acids is 6. The molecule has 3 atom stereocenters. The number of nitrogens with one attached hydrogen (secondary N) is 4. The lowest BCUT2D eigenvalue weighted by Gasteiger charge is -2.41. The van der Waals surface area contributed by atoms with Crippen LogP contribution < -0.4 is 35.8 Å². The number of hydrogen-bond donors (Lipinski definition) is 4. The first-order valence-corrected chi connectivity index (χ1v) is 27.7. The first-order valence-electron chi connectivity index (χ1n) is 26.9. The molecule has 0 radical (unpaired) electrons. The van der Waals surface area contributed by atoms with Crippen LogP contribution in [0.2, 0.25) is 10.0 Å². The molecule has 1 unspecified atom stereocenters. The van der Waals surface area contributed by atoms with Gasteiger partial charge in [0.15, 0.2) is 0 Å². The van der Waals surface area contributed by atoms with Gasteiger partial charge in [-0.25, -0.2) is 16.2 Å². The Bertz CT molecular complexity index is 3310. The van der Waals surface area contributed by atoms with Gasteiger partial charge in [-0.15, -0.1) is 0 Å². The third-order valence-electron chi connectivity index (χ3n) is 15.5. The van der Waals surface area contributed by atoms with Crippen LogP contribution in [0.5, 0.6) is 6.01 Å². The third kappa shape index (κ3) is 12.5. The van der Waals surface area contributed by atoms with E-state index in [0.29, 0.717) is 79.4 Å².